The van der Waals surface area contributed by atoms with Gasteiger partial charge in [-0.1, -0.05) is 6.92 Å². The maximum absolute atomic E-state index is 5.10. The molecule has 5 heteroatoms. The molecule has 0 bridgehead atoms. The molecular weight excluding hydrogens is 204 g/mol. The van der Waals surface area contributed by atoms with E-state index in [1.165, 1.54) is 5.69 Å². The topological polar surface area (TPSA) is 51.1 Å². The van der Waals surface area contributed by atoms with Crippen LogP contribution in [0.15, 0.2) is 0 Å². The predicted octanol–water partition coefficient (Wildman–Crippen LogP) is 1.22. The molecule has 16 heavy (non-hydrogen) atoms. The number of aromatic nitrogens is 2. The van der Waals surface area contributed by atoms with Crippen molar-refractivity contribution in [1.29, 1.82) is 0 Å². The van der Waals surface area contributed by atoms with E-state index in [2.05, 4.69) is 22.7 Å². The Balaban J connectivity index is 2.11. The van der Waals surface area contributed by atoms with E-state index in [9.17, 15) is 0 Å². The van der Waals surface area contributed by atoms with Gasteiger partial charge in [0.1, 0.15) is 11.5 Å². The van der Waals surface area contributed by atoms with Gasteiger partial charge in [0.05, 0.1) is 5.69 Å². The van der Waals surface area contributed by atoms with Gasteiger partial charge >= 0.3 is 0 Å². The molecular formula is C11H20N4O. The first-order valence-corrected chi connectivity index (χ1v) is 5.81. The number of nitrogens with one attached hydrogen (secondary N) is 2. The Hall–Kier alpha value is -1.23. The zero-order chi connectivity index (χ0) is 11.5. The van der Waals surface area contributed by atoms with E-state index in [4.69, 9.17) is 4.74 Å². The average Bonchev–Trinajstić information content (AvgIpc) is 2.63. The second-order valence-electron chi connectivity index (χ2n) is 4.15. The van der Waals surface area contributed by atoms with Crippen molar-refractivity contribution in [3.63, 3.8) is 0 Å². The molecule has 0 fully saturated rings. The van der Waals surface area contributed by atoms with Crippen LogP contribution in [0, 0.1) is 0 Å². The summed E-state index contributed by atoms with van der Waals surface area (Å²) in [6.45, 7) is 3.85. The van der Waals surface area contributed by atoms with Crippen LogP contribution in [0.2, 0.25) is 0 Å². The maximum atomic E-state index is 5.10. The number of anilines is 2. The normalized spacial score (nSPS) is 18.8. The van der Waals surface area contributed by atoms with Gasteiger partial charge in [0.25, 0.3) is 0 Å². The second-order valence-corrected chi connectivity index (χ2v) is 4.15. The first kappa shape index (κ1) is 11.3. The van der Waals surface area contributed by atoms with Gasteiger partial charge < -0.3 is 15.4 Å². The van der Waals surface area contributed by atoms with Crippen molar-refractivity contribution in [2.24, 2.45) is 7.05 Å². The fourth-order valence-electron chi connectivity index (χ4n) is 2.08. The number of methoxy groups -OCH3 is 1. The molecule has 1 aliphatic heterocycles. The zero-order valence-corrected chi connectivity index (χ0v) is 10.2. The number of rotatable bonds is 4. The molecule has 2 rings (SSSR count). The molecule has 2 heterocycles. The molecule has 90 valence electrons. The zero-order valence-electron chi connectivity index (χ0n) is 10.2. The highest BCUT2D eigenvalue weighted by molar-refractivity contribution is 5.70. The van der Waals surface area contributed by atoms with E-state index in [-0.39, 0.29) is 0 Å². The van der Waals surface area contributed by atoms with Gasteiger partial charge in [-0.25, -0.2) is 0 Å². The van der Waals surface area contributed by atoms with E-state index in [0.29, 0.717) is 6.04 Å². The summed E-state index contributed by atoms with van der Waals surface area (Å²) >= 11 is 0. The summed E-state index contributed by atoms with van der Waals surface area (Å²) in [6.07, 6.45) is 1.97. The standard InChI is InChI=1S/C11H20N4O/c1-4-9-10-11(15(2)14-9)13-8(7-12-10)5-6-16-3/h8,12-13H,4-7H2,1-3H3. The molecule has 2 N–H and O–H groups in total. The second kappa shape index (κ2) is 4.74. The largest absolute Gasteiger partial charge is 0.385 e. The molecule has 5 nitrogen and oxygen atoms in total. The molecule has 0 amide bonds. The van der Waals surface area contributed by atoms with Gasteiger partial charge in [-0.2, -0.15) is 5.10 Å². The number of hydrogen-bond donors (Lipinski definition) is 2. The van der Waals surface area contributed by atoms with Crippen LogP contribution in [0.3, 0.4) is 0 Å². The van der Waals surface area contributed by atoms with Crippen LogP contribution in [-0.4, -0.2) is 36.1 Å². The van der Waals surface area contributed by atoms with Crippen LogP contribution in [0.4, 0.5) is 11.5 Å². The summed E-state index contributed by atoms with van der Waals surface area (Å²) in [5.74, 6) is 1.10. The van der Waals surface area contributed by atoms with Gasteiger partial charge in [0.15, 0.2) is 0 Å². The fraction of sp³-hybridized carbons (Fsp3) is 0.727. The molecule has 0 saturated carbocycles. The number of aryl methyl sites for hydroxylation is 2. The first-order valence-electron chi connectivity index (χ1n) is 5.81. The van der Waals surface area contributed by atoms with E-state index < -0.39 is 0 Å². The Kier molecular flexibility index (Phi) is 3.33. The average molecular weight is 224 g/mol. The number of hydrogen-bond acceptors (Lipinski definition) is 4. The Morgan fingerprint density at radius 2 is 2.38 bits per heavy atom. The van der Waals surface area contributed by atoms with Crippen molar-refractivity contribution in [3.8, 4) is 0 Å². The Bertz CT molecular complexity index is 361. The van der Waals surface area contributed by atoms with Crippen LogP contribution in [-0.2, 0) is 18.2 Å². The van der Waals surface area contributed by atoms with E-state index in [0.717, 1.165) is 37.5 Å². The van der Waals surface area contributed by atoms with Crippen LogP contribution in [0.1, 0.15) is 19.0 Å². The summed E-state index contributed by atoms with van der Waals surface area (Å²) < 4.78 is 7.02. The van der Waals surface area contributed by atoms with Crippen molar-refractivity contribution in [2.75, 3.05) is 30.9 Å². The molecule has 1 aliphatic rings. The molecule has 0 spiro atoms. The molecule has 0 aromatic carbocycles. The Labute approximate surface area is 96.2 Å². The summed E-state index contributed by atoms with van der Waals surface area (Å²) in [5, 5.41) is 11.5. The van der Waals surface area contributed by atoms with Crippen molar-refractivity contribution in [2.45, 2.75) is 25.8 Å². The molecule has 1 atom stereocenters. The highest BCUT2D eigenvalue weighted by Gasteiger charge is 2.23. The lowest BCUT2D eigenvalue weighted by Crippen LogP contribution is -2.34. The fourth-order valence-corrected chi connectivity index (χ4v) is 2.08. The van der Waals surface area contributed by atoms with Crippen LogP contribution in [0.25, 0.3) is 0 Å². The quantitative estimate of drug-likeness (QED) is 0.807. The lowest BCUT2D eigenvalue weighted by atomic mass is 10.1. The van der Waals surface area contributed by atoms with Crippen molar-refractivity contribution < 1.29 is 4.74 Å². The SMILES string of the molecule is CCc1nn(C)c2c1NCC(CCOC)N2. The molecule has 1 aromatic rings. The summed E-state index contributed by atoms with van der Waals surface area (Å²) in [6, 6.07) is 0.424. The molecule has 1 aromatic heterocycles. The predicted molar refractivity (Wildman–Crippen MR) is 65.0 cm³/mol. The smallest absolute Gasteiger partial charge is 0.148 e. The summed E-state index contributed by atoms with van der Waals surface area (Å²) in [7, 11) is 3.71. The van der Waals surface area contributed by atoms with E-state index in [1.807, 2.05) is 11.7 Å². The highest BCUT2D eigenvalue weighted by atomic mass is 16.5. The molecule has 0 radical (unpaired) electrons. The third-order valence-electron chi connectivity index (χ3n) is 2.99. The first-order chi connectivity index (χ1) is 7.76. The van der Waals surface area contributed by atoms with E-state index in [1.54, 1.807) is 7.11 Å². The minimum atomic E-state index is 0.424. The summed E-state index contributed by atoms with van der Waals surface area (Å²) in [5.41, 5.74) is 2.30. The number of nitrogens with zero attached hydrogens (tertiary/aromatic N) is 2. The van der Waals surface area contributed by atoms with Gasteiger partial charge in [0.2, 0.25) is 0 Å². The Morgan fingerprint density at radius 3 is 3.06 bits per heavy atom. The van der Waals surface area contributed by atoms with Gasteiger partial charge in [0, 0.05) is 33.4 Å². The third kappa shape index (κ3) is 2.00. The van der Waals surface area contributed by atoms with Gasteiger partial charge in [-0.05, 0) is 12.8 Å². The van der Waals surface area contributed by atoms with Crippen molar-refractivity contribution in [3.05, 3.63) is 5.69 Å². The lowest BCUT2D eigenvalue weighted by Gasteiger charge is -2.26. The van der Waals surface area contributed by atoms with Crippen molar-refractivity contribution >= 4 is 11.5 Å². The van der Waals surface area contributed by atoms with Crippen molar-refractivity contribution in [1.82, 2.24) is 9.78 Å². The lowest BCUT2D eigenvalue weighted by molar-refractivity contribution is 0.190. The van der Waals surface area contributed by atoms with Crippen LogP contribution >= 0.6 is 0 Å². The molecule has 0 saturated heterocycles. The number of fused-ring (bicyclic) bond motifs is 1. The third-order valence-corrected chi connectivity index (χ3v) is 2.99. The highest BCUT2D eigenvalue weighted by Crippen LogP contribution is 2.30. The minimum absolute atomic E-state index is 0.424. The number of ether oxygens (including phenoxy) is 1. The summed E-state index contributed by atoms with van der Waals surface area (Å²) in [4.78, 5) is 0. The minimum Gasteiger partial charge on any atom is -0.385 e. The van der Waals surface area contributed by atoms with Crippen LogP contribution in [0.5, 0.6) is 0 Å². The maximum Gasteiger partial charge on any atom is 0.148 e. The van der Waals surface area contributed by atoms with Gasteiger partial charge in [-0.3, -0.25) is 4.68 Å². The molecule has 0 aliphatic carbocycles. The molecule has 1 unspecified atom stereocenters. The van der Waals surface area contributed by atoms with E-state index >= 15 is 0 Å². The monoisotopic (exact) mass is 224 g/mol. The van der Waals surface area contributed by atoms with Crippen LogP contribution < -0.4 is 10.6 Å². The van der Waals surface area contributed by atoms with Gasteiger partial charge in [-0.15, -0.1) is 0 Å². The Morgan fingerprint density at radius 1 is 1.56 bits per heavy atom.